The second-order valence-corrected chi connectivity index (χ2v) is 6.38. The van der Waals surface area contributed by atoms with Crippen LogP contribution in [0.15, 0.2) is 0 Å². The summed E-state index contributed by atoms with van der Waals surface area (Å²) < 4.78 is 5.42. The van der Waals surface area contributed by atoms with Crippen molar-refractivity contribution in [3.05, 3.63) is 0 Å². The van der Waals surface area contributed by atoms with Crippen molar-refractivity contribution < 1.29 is 9.53 Å². The molecule has 0 aromatic heterocycles. The van der Waals surface area contributed by atoms with Crippen molar-refractivity contribution in [3.8, 4) is 0 Å². The van der Waals surface area contributed by atoms with Crippen molar-refractivity contribution in [1.29, 1.82) is 0 Å². The van der Waals surface area contributed by atoms with Crippen molar-refractivity contribution in [3.63, 3.8) is 0 Å². The van der Waals surface area contributed by atoms with Crippen LogP contribution in [0.4, 0.5) is 0 Å². The van der Waals surface area contributed by atoms with Crippen LogP contribution in [-0.4, -0.2) is 30.2 Å². The molecule has 1 aliphatic carbocycles. The lowest BCUT2D eigenvalue weighted by Crippen LogP contribution is -2.58. The number of carbonyl (C=O) groups excluding carboxylic acids is 1. The molecule has 1 atom stereocenters. The minimum atomic E-state index is -0.631. The van der Waals surface area contributed by atoms with Crippen molar-refractivity contribution in [1.82, 2.24) is 5.32 Å². The summed E-state index contributed by atoms with van der Waals surface area (Å²) in [5.41, 5.74) is 5.16. The first kappa shape index (κ1) is 16.4. The van der Waals surface area contributed by atoms with Gasteiger partial charge in [-0.1, -0.05) is 33.0 Å². The van der Waals surface area contributed by atoms with Gasteiger partial charge in [0.05, 0.1) is 23.1 Å². The van der Waals surface area contributed by atoms with Gasteiger partial charge in [0.1, 0.15) is 0 Å². The van der Waals surface area contributed by atoms with Crippen LogP contribution in [0.5, 0.6) is 0 Å². The summed E-state index contributed by atoms with van der Waals surface area (Å²) in [7, 11) is 0. The van der Waals surface area contributed by atoms with Gasteiger partial charge >= 0.3 is 0 Å². The summed E-state index contributed by atoms with van der Waals surface area (Å²) in [4.78, 5) is 12.8. The van der Waals surface area contributed by atoms with E-state index in [9.17, 15) is 4.79 Å². The Balaban J connectivity index is 2.67. The second-order valence-electron chi connectivity index (χ2n) is 5.94. The number of nitrogens with two attached hydrogens (primary N) is 1. The Labute approximate surface area is 121 Å². The topological polar surface area (TPSA) is 64.3 Å². The predicted octanol–water partition coefficient (Wildman–Crippen LogP) is 1.87. The van der Waals surface area contributed by atoms with Crippen LogP contribution in [0.2, 0.25) is 0 Å². The third kappa shape index (κ3) is 3.66. The fourth-order valence-electron chi connectivity index (χ4n) is 2.58. The van der Waals surface area contributed by atoms with Crippen molar-refractivity contribution in [2.24, 2.45) is 23.0 Å². The fraction of sp³-hybridized carbons (Fsp3) is 0.857. The van der Waals surface area contributed by atoms with E-state index in [-0.39, 0.29) is 11.9 Å². The zero-order chi connectivity index (χ0) is 14.6. The molecular weight excluding hydrogens is 260 g/mol. The zero-order valence-electron chi connectivity index (χ0n) is 12.4. The maximum atomic E-state index is 12.5. The largest absolute Gasteiger partial charge is 0.392 e. The molecule has 1 aliphatic rings. The zero-order valence-corrected chi connectivity index (χ0v) is 13.2. The summed E-state index contributed by atoms with van der Waals surface area (Å²) in [6.45, 7) is 9.38. The summed E-state index contributed by atoms with van der Waals surface area (Å²) in [6, 6.07) is 0.00887. The monoisotopic (exact) mass is 286 g/mol. The number of rotatable bonds is 7. The third-order valence-electron chi connectivity index (χ3n) is 3.92. The molecule has 1 saturated carbocycles. The molecule has 19 heavy (non-hydrogen) atoms. The van der Waals surface area contributed by atoms with E-state index in [1.165, 1.54) is 0 Å². The Bertz CT molecular complexity index is 338. The molecule has 0 aromatic carbocycles. The standard InChI is InChI=1S/C14H26N2O2S/c1-5-18-8-11(9(2)3)16-13(17)14(12(15)19)6-10(4)7-14/h9-11H,5-8H2,1-4H3,(H2,15,19)(H,16,17). The van der Waals surface area contributed by atoms with Crippen LogP contribution < -0.4 is 11.1 Å². The second kappa shape index (κ2) is 6.66. The van der Waals surface area contributed by atoms with Crippen LogP contribution in [0, 0.1) is 17.3 Å². The van der Waals surface area contributed by atoms with Gasteiger partial charge < -0.3 is 15.8 Å². The van der Waals surface area contributed by atoms with Crippen molar-refractivity contribution in [2.45, 2.75) is 46.6 Å². The first-order chi connectivity index (χ1) is 8.83. The van der Waals surface area contributed by atoms with Gasteiger partial charge in [-0.25, -0.2) is 0 Å². The van der Waals surface area contributed by atoms with Gasteiger partial charge in [-0.2, -0.15) is 0 Å². The van der Waals surface area contributed by atoms with Crippen LogP contribution >= 0.6 is 12.2 Å². The summed E-state index contributed by atoms with van der Waals surface area (Å²) >= 11 is 5.10. The first-order valence-electron chi connectivity index (χ1n) is 7.02. The summed E-state index contributed by atoms with van der Waals surface area (Å²) in [6.07, 6.45) is 1.52. The Morgan fingerprint density at radius 1 is 1.53 bits per heavy atom. The number of ether oxygens (including phenoxy) is 1. The molecule has 0 aromatic rings. The molecule has 0 bridgehead atoms. The number of hydrogen-bond donors (Lipinski definition) is 2. The number of amides is 1. The van der Waals surface area contributed by atoms with E-state index < -0.39 is 5.41 Å². The van der Waals surface area contributed by atoms with E-state index in [1.54, 1.807) is 0 Å². The number of carbonyl (C=O) groups is 1. The first-order valence-corrected chi connectivity index (χ1v) is 7.43. The van der Waals surface area contributed by atoms with E-state index in [0.29, 0.717) is 30.0 Å². The summed E-state index contributed by atoms with van der Waals surface area (Å²) in [5.74, 6) is 0.796. The van der Waals surface area contributed by atoms with Gasteiger partial charge in [0.2, 0.25) is 5.91 Å². The lowest BCUT2D eigenvalue weighted by molar-refractivity contribution is -0.134. The molecule has 1 fully saturated rings. The van der Waals surface area contributed by atoms with Crippen LogP contribution in [0.3, 0.4) is 0 Å². The maximum Gasteiger partial charge on any atom is 0.233 e. The van der Waals surface area contributed by atoms with Crippen molar-refractivity contribution in [2.75, 3.05) is 13.2 Å². The van der Waals surface area contributed by atoms with Gasteiger partial charge in [0.15, 0.2) is 0 Å². The lowest BCUT2D eigenvalue weighted by atomic mass is 9.62. The molecular formula is C14H26N2O2S. The van der Waals surface area contributed by atoms with E-state index in [1.807, 2.05) is 6.92 Å². The predicted molar refractivity (Wildman–Crippen MR) is 80.9 cm³/mol. The van der Waals surface area contributed by atoms with Crippen LogP contribution in [0.25, 0.3) is 0 Å². The van der Waals surface area contributed by atoms with Crippen LogP contribution in [-0.2, 0) is 9.53 Å². The average Bonchev–Trinajstić information content (AvgIpc) is 2.28. The molecule has 0 spiro atoms. The Kier molecular flexibility index (Phi) is 5.74. The normalized spacial score (nSPS) is 27.7. The summed E-state index contributed by atoms with van der Waals surface area (Å²) in [5, 5.41) is 3.06. The quantitative estimate of drug-likeness (QED) is 0.701. The Morgan fingerprint density at radius 2 is 2.11 bits per heavy atom. The molecule has 0 saturated heterocycles. The van der Waals surface area contributed by atoms with Gasteiger partial charge in [0, 0.05) is 6.61 Å². The molecule has 4 nitrogen and oxygen atoms in total. The van der Waals surface area contributed by atoms with Gasteiger partial charge in [-0.15, -0.1) is 0 Å². The van der Waals surface area contributed by atoms with Gasteiger partial charge in [0.25, 0.3) is 0 Å². The lowest BCUT2D eigenvalue weighted by Gasteiger charge is -2.45. The van der Waals surface area contributed by atoms with E-state index in [4.69, 9.17) is 22.7 Å². The highest BCUT2D eigenvalue weighted by atomic mass is 32.1. The molecule has 5 heteroatoms. The molecule has 1 unspecified atom stereocenters. The number of nitrogens with one attached hydrogen (secondary N) is 1. The fourth-order valence-corrected chi connectivity index (χ4v) is 2.84. The minimum absolute atomic E-state index is 0.00887. The molecule has 1 rings (SSSR count). The number of hydrogen-bond acceptors (Lipinski definition) is 3. The SMILES string of the molecule is CCOCC(NC(=O)C1(C(N)=S)CC(C)C1)C(C)C. The molecule has 0 heterocycles. The highest BCUT2D eigenvalue weighted by Crippen LogP contribution is 2.46. The van der Waals surface area contributed by atoms with E-state index in [0.717, 1.165) is 12.8 Å². The number of thiocarbonyl (C=S) groups is 1. The Hall–Kier alpha value is -0.680. The third-order valence-corrected chi connectivity index (χ3v) is 4.31. The average molecular weight is 286 g/mol. The smallest absolute Gasteiger partial charge is 0.233 e. The molecule has 3 N–H and O–H groups in total. The van der Waals surface area contributed by atoms with Crippen molar-refractivity contribution >= 4 is 23.1 Å². The van der Waals surface area contributed by atoms with Crippen LogP contribution in [0.1, 0.15) is 40.5 Å². The van der Waals surface area contributed by atoms with Gasteiger partial charge in [-0.05, 0) is 31.6 Å². The maximum absolute atomic E-state index is 12.5. The molecule has 0 radical (unpaired) electrons. The van der Waals surface area contributed by atoms with E-state index in [2.05, 4.69) is 26.1 Å². The molecule has 0 aliphatic heterocycles. The highest BCUT2D eigenvalue weighted by molar-refractivity contribution is 7.80. The minimum Gasteiger partial charge on any atom is -0.392 e. The van der Waals surface area contributed by atoms with E-state index >= 15 is 0 Å². The highest BCUT2D eigenvalue weighted by Gasteiger charge is 2.51. The Morgan fingerprint density at radius 3 is 2.47 bits per heavy atom. The van der Waals surface area contributed by atoms with Gasteiger partial charge in [-0.3, -0.25) is 4.79 Å². The molecule has 110 valence electrons. The molecule has 1 amide bonds.